The first-order chi connectivity index (χ1) is 39.6. The molecule has 1 fully saturated rings. The molecule has 82 heavy (non-hydrogen) atoms. The number of fused-ring (bicyclic) bond motifs is 2. The van der Waals surface area contributed by atoms with Crippen LogP contribution in [-0.4, -0.2) is 142 Å². The molecule has 0 spiro atoms. The van der Waals surface area contributed by atoms with E-state index in [9.17, 15) is 38.7 Å². The van der Waals surface area contributed by atoms with E-state index in [1.165, 1.54) is 6.92 Å². The van der Waals surface area contributed by atoms with E-state index in [1.54, 1.807) is 67.0 Å². The normalized spacial score (nSPS) is 21.4. The Labute approximate surface area is 475 Å². The maximum atomic E-state index is 15.1. The van der Waals surface area contributed by atoms with Gasteiger partial charge in [-0.1, -0.05) is 97.1 Å². The highest BCUT2D eigenvalue weighted by Crippen LogP contribution is 2.22. The SMILES string of the molecule is CC(O)[C@@H]1NC(=O)[C@H](CCCCN)NC(=O)[C@@H](Cc2c[nH]c3ccccc23)NC(=O)[C@H](Cc2c[nH]c3ccccc23)NC(=O)[C@H](Cc2ccccc2)NC(=O)CCCNC(=O)CCCN(CC(N)=O)C(=O)[C@H](Cc2ccccc2)NC1=O. The van der Waals surface area contributed by atoms with Crippen LogP contribution in [0.1, 0.15) is 74.1 Å². The number of unbranched alkanes of at least 4 members (excludes halogenated alkanes) is 1. The first-order valence-corrected chi connectivity index (χ1v) is 27.8. The minimum absolute atomic E-state index is 0.000336. The number of aromatic amines is 2. The third-order valence-electron chi connectivity index (χ3n) is 14.3. The van der Waals surface area contributed by atoms with Gasteiger partial charge in [-0.3, -0.25) is 43.2 Å². The zero-order chi connectivity index (χ0) is 58.5. The summed E-state index contributed by atoms with van der Waals surface area (Å²) in [5.74, 6) is -6.62. The third-order valence-corrected chi connectivity index (χ3v) is 14.3. The molecule has 7 atom stereocenters. The molecular weight excluding hydrogens is 1050 g/mol. The monoisotopic (exact) mass is 1120 g/mol. The summed E-state index contributed by atoms with van der Waals surface area (Å²) in [6, 6.07) is 24.1. The summed E-state index contributed by atoms with van der Waals surface area (Å²) in [7, 11) is 0. The molecule has 0 aliphatic carbocycles. The van der Waals surface area contributed by atoms with Crippen LogP contribution >= 0.6 is 0 Å². The number of aromatic nitrogens is 2. The number of nitrogens with one attached hydrogen (secondary N) is 9. The largest absolute Gasteiger partial charge is 0.391 e. The number of benzene rings is 4. The average Bonchev–Trinajstić information content (AvgIpc) is 4.31. The average molecular weight is 1120 g/mol. The van der Waals surface area contributed by atoms with Crippen molar-refractivity contribution in [2.24, 2.45) is 11.5 Å². The van der Waals surface area contributed by atoms with E-state index >= 15 is 9.59 Å². The fraction of sp³-hybridized carbons (Fsp3) is 0.383. The molecule has 2 aromatic heterocycles. The summed E-state index contributed by atoms with van der Waals surface area (Å²) in [4.78, 5) is 135. The van der Waals surface area contributed by atoms with Gasteiger partial charge in [0.05, 0.1) is 12.6 Å². The molecule has 0 saturated carbocycles. The van der Waals surface area contributed by atoms with Gasteiger partial charge in [0.15, 0.2) is 0 Å². The third kappa shape index (κ3) is 17.6. The number of hydrogen-bond acceptors (Lipinski definition) is 11. The number of nitrogens with two attached hydrogens (primary N) is 2. The molecule has 22 nitrogen and oxygen atoms in total. The van der Waals surface area contributed by atoms with Crippen LogP contribution in [0.2, 0.25) is 0 Å². The molecule has 1 aliphatic heterocycles. The number of rotatable bonds is 15. The lowest BCUT2D eigenvalue weighted by atomic mass is 10.00. The predicted octanol–water partition coefficient (Wildman–Crippen LogP) is 1.34. The highest BCUT2D eigenvalue weighted by atomic mass is 16.3. The minimum atomic E-state index is -1.70. The Hall–Kier alpha value is -8.89. The van der Waals surface area contributed by atoms with Crippen molar-refractivity contribution in [2.45, 2.75) is 120 Å². The van der Waals surface area contributed by atoms with Crippen molar-refractivity contribution in [1.82, 2.24) is 52.1 Å². The van der Waals surface area contributed by atoms with E-state index in [2.05, 4.69) is 47.2 Å². The molecule has 6 aromatic rings. The van der Waals surface area contributed by atoms with Gasteiger partial charge in [0, 0.05) is 85.8 Å². The van der Waals surface area contributed by atoms with Crippen LogP contribution in [-0.2, 0) is 68.8 Å². The predicted molar refractivity (Wildman–Crippen MR) is 308 cm³/mol. The maximum absolute atomic E-state index is 15.1. The van der Waals surface area contributed by atoms with E-state index in [0.29, 0.717) is 35.1 Å². The zero-order valence-corrected chi connectivity index (χ0v) is 45.9. The molecule has 4 aromatic carbocycles. The number of carbonyl (C=O) groups is 9. The van der Waals surface area contributed by atoms with Gasteiger partial charge in [0.2, 0.25) is 53.2 Å². The van der Waals surface area contributed by atoms with Crippen molar-refractivity contribution >= 4 is 75.0 Å². The summed E-state index contributed by atoms with van der Waals surface area (Å²) < 4.78 is 0. The van der Waals surface area contributed by atoms with Gasteiger partial charge in [-0.2, -0.15) is 0 Å². The van der Waals surface area contributed by atoms with Crippen LogP contribution in [0.3, 0.4) is 0 Å². The molecule has 7 rings (SSSR count). The number of hydrogen-bond donors (Lipinski definition) is 12. The molecule has 1 unspecified atom stereocenters. The number of aliphatic hydroxyl groups excluding tert-OH is 1. The van der Waals surface area contributed by atoms with Gasteiger partial charge in [-0.05, 0) is 80.0 Å². The second-order valence-electron chi connectivity index (χ2n) is 20.7. The number of primary amides is 1. The Morgan fingerprint density at radius 3 is 1.57 bits per heavy atom. The fourth-order valence-electron chi connectivity index (χ4n) is 10.0. The van der Waals surface area contributed by atoms with E-state index in [0.717, 1.165) is 26.7 Å². The molecule has 1 aliphatic rings. The molecule has 9 amide bonds. The van der Waals surface area contributed by atoms with Crippen molar-refractivity contribution in [3.05, 3.63) is 144 Å². The van der Waals surface area contributed by atoms with Crippen LogP contribution in [0, 0.1) is 0 Å². The van der Waals surface area contributed by atoms with Crippen molar-refractivity contribution in [1.29, 1.82) is 0 Å². The van der Waals surface area contributed by atoms with E-state index < -0.39 is 102 Å². The lowest BCUT2D eigenvalue weighted by Crippen LogP contribution is -2.62. The Morgan fingerprint density at radius 1 is 0.561 bits per heavy atom. The number of H-pyrrole nitrogens is 2. The highest BCUT2D eigenvalue weighted by Gasteiger charge is 2.36. The topological polar surface area (TPSA) is 345 Å². The zero-order valence-electron chi connectivity index (χ0n) is 45.9. The lowest BCUT2D eigenvalue weighted by Gasteiger charge is -2.30. The number of aliphatic hydroxyl groups is 1. The number of nitrogens with zero attached hydrogens (tertiary/aromatic N) is 1. The van der Waals surface area contributed by atoms with Gasteiger partial charge >= 0.3 is 0 Å². The smallest absolute Gasteiger partial charge is 0.245 e. The van der Waals surface area contributed by atoms with Crippen molar-refractivity contribution in [3.8, 4) is 0 Å². The van der Waals surface area contributed by atoms with Crippen LogP contribution in [0.4, 0.5) is 0 Å². The van der Waals surface area contributed by atoms with E-state index in [-0.39, 0.29) is 77.4 Å². The minimum Gasteiger partial charge on any atom is -0.391 e. The molecule has 14 N–H and O–H groups in total. The first-order valence-electron chi connectivity index (χ1n) is 27.8. The summed E-state index contributed by atoms with van der Waals surface area (Å²) >= 11 is 0. The van der Waals surface area contributed by atoms with E-state index in [1.807, 2.05) is 54.6 Å². The van der Waals surface area contributed by atoms with Gasteiger partial charge in [0.1, 0.15) is 36.3 Å². The molecule has 0 radical (unpaired) electrons. The Balaban J connectivity index is 1.26. The van der Waals surface area contributed by atoms with E-state index in [4.69, 9.17) is 11.5 Å². The fourth-order valence-corrected chi connectivity index (χ4v) is 10.0. The van der Waals surface area contributed by atoms with Crippen LogP contribution in [0.5, 0.6) is 0 Å². The Kier molecular flexibility index (Phi) is 22.3. The van der Waals surface area contributed by atoms with Crippen molar-refractivity contribution in [3.63, 3.8) is 0 Å². The number of para-hydroxylation sites is 2. The summed E-state index contributed by atoms with van der Waals surface area (Å²) in [6.45, 7) is 0.898. The second-order valence-corrected chi connectivity index (χ2v) is 20.7. The maximum Gasteiger partial charge on any atom is 0.245 e. The molecule has 0 bridgehead atoms. The number of amides is 9. The van der Waals surface area contributed by atoms with Crippen molar-refractivity contribution < 1.29 is 48.3 Å². The number of carbonyl (C=O) groups excluding carboxylic acids is 9. The quantitative estimate of drug-likeness (QED) is 0.0651. The first kappa shape index (κ1) is 60.7. The van der Waals surface area contributed by atoms with Gasteiger partial charge in [-0.15, -0.1) is 0 Å². The second kappa shape index (κ2) is 30.1. The van der Waals surface area contributed by atoms with Gasteiger partial charge in [-0.25, -0.2) is 0 Å². The summed E-state index contributed by atoms with van der Waals surface area (Å²) in [6.07, 6.45) is 2.46. The summed E-state index contributed by atoms with van der Waals surface area (Å²) in [5, 5.41) is 32.2. The summed E-state index contributed by atoms with van der Waals surface area (Å²) in [5.41, 5.74) is 15.6. The van der Waals surface area contributed by atoms with Gasteiger partial charge in [0.25, 0.3) is 0 Å². The van der Waals surface area contributed by atoms with Crippen LogP contribution < -0.4 is 48.7 Å². The van der Waals surface area contributed by atoms with Gasteiger partial charge < -0.3 is 68.7 Å². The van der Waals surface area contributed by atoms with Crippen LogP contribution in [0.25, 0.3) is 21.8 Å². The molecule has 434 valence electrons. The standard InChI is InChI=1S/C60H74N12O10/c1-37(73)54-59(81)70-50(31-39-18-6-3-7-19-39)60(82)72(36-51(62)74)29-15-26-52(75)63-28-14-25-53(76)66-47(30-38-16-4-2-5-17-38)56(78)68-49(33-41-35-65-45-23-11-9-21-43(41)45)58(80)69-48(32-40-34-64-44-22-10-8-20-42(40)44)57(79)67-46(55(77)71-54)24-12-13-27-61/h2-11,16-23,34-35,37,46-50,54,64-65,73H,12-15,24-33,36,61H2,1H3,(H2,62,74)(H,63,75)(H,66,76)(H,67,79)(H,68,78)(H,69,80)(H,70,81)(H,71,77)/t37?,46-,47-,48+,49-,50-,54-/m0/s1. The lowest BCUT2D eigenvalue weighted by molar-refractivity contribution is -0.140. The van der Waals surface area contributed by atoms with Crippen LogP contribution in [0.15, 0.2) is 122 Å². The highest BCUT2D eigenvalue weighted by molar-refractivity contribution is 5.98. The molecule has 3 heterocycles. The molecule has 1 saturated heterocycles. The molecular formula is C60H74N12O10. The molecule has 22 heteroatoms. The Morgan fingerprint density at radius 2 is 1.04 bits per heavy atom. The Bertz CT molecular complexity index is 3160. The van der Waals surface area contributed by atoms with Crippen molar-refractivity contribution in [2.75, 3.05) is 26.2 Å².